The average Bonchev–Trinajstić information content (AvgIpc) is 2.27. The Morgan fingerprint density at radius 3 is 2.41 bits per heavy atom. The molecule has 1 heterocycles. The van der Waals surface area contributed by atoms with Gasteiger partial charge in [-0.25, -0.2) is 4.79 Å². The standard InChI is InChI=1S/C11H20N4O2/c1-5-6-15-9(12)8(13-7(2)3)10(16)14(4)11(15)17/h7,13H,5-6,12H2,1-4H3. The monoisotopic (exact) mass is 240 g/mol. The van der Waals surface area contributed by atoms with Gasteiger partial charge in [0, 0.05) is 19.6 Å². The SMILES string of the molecule is CCCn1c(N)c(NC(C)C)c(=O)n(C)c1=O. The smallest absolute Gasteiger partial charge is 0.332 e. The fourth-order valence-electron chi connectivity index (χ4n) is 1.65. The second kappa shape index (κ2) is 5.07. The van der Waals surface area contributed by atoms with Crippen LogP contribution in [0.5, 0.6) is 0 Å². The van der Waals surface area contributed by atoms with Crippen molar-refractivity contribution in [3.8, 4) is 0 Å². The number of hydrogen-bond acceptors (Lipinski definition) is 4. The molecule has 0 aliphatic rings. The minimum atomic E-state index is -0.381. The lowest BCUT2D eigenvalue weighted by atomic mass is 10.3. The Kier molecular flexibility index (Phi) is 3.98. The molecule has 96 valence electrons. The minimum absolute atomic E-state index is 0.0811. The molecule has 0 unspecified atom stereocenters. The van der Waals surface area contributed by atoms with Crippen LogP contribution in [0.4, 0.5) is 11.5 Å². The molecule has 0 aromatic carbocycles. The van der Waals surface area contributed by atoms with E-state index < -0.39 is 0 Å². The first-order valence-electron chi connectivity index (χ1n) is 5.76. The second-order valence-corrected chi connectivity index (χ2v) is 4.36. The van der Waals surface area contributed by atoms with Gasteiger partial charge in [-0.05, 0) is 20.3 Å². The molecule has 17 heavy (non-hydrogen) atoms. The molecule has 1 aromatic rings. The van der Waals surface area contributed by atoms with Gasteiger partial charge in [0.1, 0.15) is 11.5 Å². The highest BCUT2D eigenvalue weighted by atomic mass is 16.2. The summed E-state index contributed by atoms with van der Waals surface area (Å²) >= 11 is 0. The van der Waals surface area contributed by atoms with E-state index in [2.05, 4.69) is 5.32 Å². The molecular formula is C11H20N4O2. The maximum absolute atomic E-state index is 11.9. The van der Waals surface area contributed by atoms with E-state index in [0.717, 1.165) is 11.0 Å². The van der Waals surface area contributed by atoms with Crippen molar-refractivity contribution in [2.24, 2.45) is 7.05 Å². The third kappa shape index (κ3) is 2.51. The van der Waals surface area contributed by atoms with Crippen LogP contribution in [0.15, 0.2) is 9.59 Å². The normalized spacial score (nSPS) is 10.9. The zero-order valence-corrected chi connectivity index (χ0v) is 10.8. The molecule has 0 aliphatic heterocycles. The van der Waals surface area contributed by atoms with Crippen molar-refractivity contribution in [3.05, 3.63) is 20.8 Å². The van der Waals surface area contributed by atoms with E-state index in [1.165, 1.54) is 11.6 Å². The number of rotatable bonds is 4. The van der Waals surface area contributed by atoms with Crippen molar-refractivity contribution < 1.29 is 0 Å². The Morgan fingerprint density at radius 2 is 1.94 bits per heavy atom. The highest BCUT2D eigenvalue weighted by Crippen LogP contribution is 2.12. The van der Waals surface area contributed by atoms with Gasteiger partial charge in [0.05, 0.1) is 0 Å². The second-order valence-electron chi connectivity index (χ2n) is 4.36. The Morgan fingerprint density at radius 1 is 1.35 bits per heavy atom. The van der Waals surface area contributed by atoms with Gasteiger partial charge in [0.25, 0.3) is 5.56 Å². The van der Waals surface area contributed by atoms with Crippen LogP contribution in [0.25, 0.3) is 0 Å². The van der Waals surface area contributed by atoms with Gasteiger partial charge in [-0.3, -0.25) is 13.9 Å². The van der Waals surface area contributed by atoms with Crippen molar-refractivity contribution in [2.75, 3.05) is 11.1 Å². The first kappa shape index (κ1) is 13.3. The van der Waals surface area contributed by atoms with Crippen LogP contribution in [0.3, 0.4) is 0 Å². The predicted molar refractivity (Wildman–Crippen MR) is 69.4 cm³/mol. The summed E-state index contributed by atoms with van der Waals surface area (Å²) in [6, 6.07) is 0.0811. The molecule has 0 saturated heterocycles. The summed E-state index contributed by atoms with van der Waals surface area (Å²) in [6.07, 6.45) is 0.781. The largest absolute Gasteiger partial charge is 0.383 e. The van der Waals surface area contributed by atoms with Gasteiger partial charge >= 0.3 is 5.69 Å². The molecule has 3 N–H and O–H groups in total. The van der Waals surface area contributed by atoms with Crippen LogP contribution < -0.4 is 22.3 Å². The highest BCUT2D eigenvalue weighted by Gasteiger charge is 2.14. The molecule has 0 aliphatic carbocycles. The summed E-state index contributed by atoms with van der Waals surface area (Å²) in [5.41, 5.74) is 5.42. The summed E-state index contributed by atoms with van der Waals surface area (Å²) in [5.74, 6) is 0.216. The van der Waals surface area contributed by atoms with Crippen molar-refractivity contribution in [1.29, 1.82) is 0 Å². The van der Waals surface area contributed by atoms with E-state index >= 15 is 0 Å². The molecule has 0 radical (unpaired) electrons. The van der Waals surface area contributed by atoms with Gasteiger partial charge in [-0.2, -0.15) is 0 Å². The van der Waals surface area contributed by atoms with Crippen molar-refractivity contribution in [3.63, 3.8) is 0 Å². The van der Waals surface area contributed by atoms with E-state index in [9.17, 15) is 9.59 Å². The van der Waals surface area contributed by atoms with Crippen LogP contribution in [-0.4, -0.2) is 15.2 Å². The number of hydrogen-bond donors (Lipinski definition) is 2. The van der Waals surface area contributed by atoms with E-state index in [-0.39, 0.29) is 23.1 Å². The molecule has 0 bridgehead atoms. The highest BCUT2D eigenvalue weighted by molar-refractivity contribution is 5.60. The number of nitrogens with zero attached hydrogens (tertiary/aromatic N) is 2. The quantitative estimate of drug-likeness (QED) is 0.796. The fourth-order valence-corrected chi connectivity index (χ4v) is 1.65. The molecule has 0 fully saturated rings. The summed E-state index contributed by atoms with van der Waals surface area (Å²) in [6.45, 7) is 6.28. The third-order valence-corrected chi connectivity index (χ3v) is 2.46. The van der Waals surface area contributed by atoms with Gasteiger partial charge in [0.15, 0.2) is 0 Å². The molecule has 1 rings (SSSR count). The zero-order valence-electron chi connectivity index (χ0n) is 10.8. The number of aromatic nitrogens is 2. The summed E-state index contributed by atoms with van der Waals surface area (Å²) in [5, 5.41) is 2.99. The lowest BCUT2D eigenvalue weighted by molar-refractivity contribution is 0.599. The third-order valence-electron chi connectivity index (χ3n) is 2.46. The van der Waals surface area contributed by atoms with Crippen LogP contribution in [0.2, 0.25) is 0 Å². The number of nitrogen functional groups attached to an aromatic ring is 1. The Balaban J connectivity index is 3.50. The first-order chi connectivity index (χ1) is 7.90. The first-order valence-corrected chi connectivity index (χ1v) is 5.76. The topological polar surface area (TPSA) is 82.0 Å². The molecule has 0 spiro atoms. The van der Waals surface area contributed by atoms with Crippen molar-refractivity contribution in [2.45, 2.75) is 39.8 Å². The summed E-state index contributed by atoms with van der Waals surface area (Å²) in [7, 11) is 1.46. The summed E-state index contributed by atoms with van der Waals surface area (Å²) in [4.78, 5) is 23.8. The summed E-state index contributed by atoms with van der Waals surface area (Å²) < 4.78 is 2.50. The minimum Gasteiger partial charge on any atom is -0.383 e. The number of nitrogens with one attached hydrogen (secondary N) is 1. The van der Waals surface area contributed by atoms with Crippen LogP contribution in [0.1, 0.15) is 27.2 Å². The van der Waals surface area contributed by atoms with E-state index in [4.69, 9.17) is 5.73 Å². The molecule has 0 atom stereocenters. The average molecular weight is 240 g/mol. The van der Waals surface area contributed by atoms with E-state index in [1.807, 2.05) is 20.8 Å². The van der Waals surface area contributed by atoms with Gasteiger partial charge in [-0.1, -0.05) is 6.92 Å². The Hall–Kier alpha value is -1.72. The molecule has 0 saturated carbocycles. The number of nitrogens with two attached hydrogens (primary N) is 1. The number of anilines is 2. The molecule has 1 aromatic heterocycles. The van der Waals surface area contributed by atoms with E-state index in [1.54, 1.807) is 0 Å². The van der Waals surface area contributed by atoms with Crippen molar-refractivity contribution in [1.82, 2.24) is 9.13 Å². The zero-order chi connectivity index (χ0) is 13.2. The van der Waals surface area contributed by atoms with Gasteiger partial charge in [0.2, 0.25) is 0 Å². The molecule has 0 amide bonds. The van der Waals surface area contributed by atoms with Crippen LogP contribution >= 0.6 is 0 Å². The maximum atomic E-state index is 11.9. The lowest BCUT2D eigenvalue weighted by Crippen LogP contribution is -2.41. The Bertz CT molecular complexity index is 513. The molecule has 6 nitrogen and oxygen atoms in total. The van der Waals surface area contributed by atoms with Crippen LogP contribution in [0, 0.1) is 0 Å². The fraction of sp³-hybridized carbons (Fsp3) is 0.636. The predicted octanol–water partition coefficient (Wildman–Crippen LogP) is 0.360. The van der Waals surface area contributed by atoms with Crippen LogP contribution in [-0.2, 0) is 13.6 Å². The maximum Gasteiger partial charge on any atom is 0.332 e. The lowest BCUT2D eigenvalue weighted by Gasteiger charge is -2.17. The van der Waals surface area contributed by atoms with E-state index in [0.29, 0.717) is 12.2 Å². The molecule has 6 heteroatoms. The van der Waals surface area contributed by atoms with Gasteiger partial charge in [-0.15, -0.1) is 0 Å². The molecular weight excluding hydrogens is 220 g/mol. The Labute approximate surface area is 100 Å². The van der Waals surface area contributed by atoms with Gasteiger partial charge < -0.3 is 11.1 Å². The van der Waals surface area contributed by atoms with Crippen molar-refractivity contribution >= 4 is 11.5 Å².